The van der Waals surface area contributed by atoms with Crippen LogP contribution in [-0.2, 0) is 0 Å². The van der Waals surface area contributed by atoms with Crippen molar-refractivity contribution in [1.82, 2.24) is 0 Å². The van der Waals surface area contributed by atoms with Crippen LogP contribution in [0.1, 0.15) is 5.56 Å². The van der Waals surface area contributed by atoms with Crippen LogP contribution in [0.4, 0.5) is 11.4 Å². The largest absolute Gasteiger partial charge is 0.338 e. The summed E-state index contributed by atoms with van der Waals surface area (Å²) in [5.41, 5.74) is 3.67. The Bertz CT molecular complexity index is 606. The van der Waals surface area contributed by atoms with Crippen molar-refractivity contribution >= 4 is 11.4 Å². The van der Waals surface area contributed by atoms with E-state index in [9.17, 15) is 0 Å². The van der Waals surface area contributed by atoms with E-state index in [0.717, 1.165) is 6.54 Å². The maximum Gasteiger partial charge on any atom is 0.0415 e. The van der Waals surface area contributed by atoms with Gasteiger partial charge in [0.2, 0.25) is 0 Å². The van der Waals surface area contributed by atoms with Gasteiger partial charge in [-0.05, 0) is 31.2 Å². The Labute approximate surface area is 127 Å². The van der Waals surface area contributed by atoms with E-state index < -0.39 is 0 Å². The van der Waals surface area contributed by atoms with Crippen LogP contribution in [0.25, 0.3) is 0 Å². The maximum atomic E-state index is 3.67. The number of allylic oxidation sites excluding steroid dienone is 4. The fraction of sp³-hybridized carbons (Fsp3) is 0.100. The number of aryl methyl sites for hydroxylation is 1. The number of nitrogens with zero attached hydrogens (tertiary/aromatic N) is 1. The van der Waals surface area contributed by atoms with E-state index in [1.54, 1.807) is 6.08 Å². The predicted octanol–water partition coefficient (Wildman–Crippen LogP) is 5.43. The first kappa shape index (κ1) is 14.9. The summed E-state index contributed by atoms with van der Waals surface area (Å²) in [6.07, 6.45) is 9.89. The first-order valence-electron chi connectivity index (χ1n) is 7.15. The van der Waals surface area contributed by atoms with Gasteiger partial charge in [0.15, 0.2) is 0 Å². The van der Waals surface area contributed by atoms with Crippen LogP contribution in [-0.4, -0.2) is 6.54 Å². The smallest absolute Gasteiger partial charge is 0.0415 e. The first-order chi connectivity index (χ1) is 10.3. The number of hydrogen-bond donors (Lipinski definition) is 0. The first-order valence-corrected chi connectivity index (χ1v) is 7.15. The van der Waals surface area contributed by atoms with Crippen LogP contribution >= 0.6 is 0 Å². The molecule has 0 N–H and O–H groups in total. The summed E-state index contributed by atoms with van der Waals surface area (Å²) in [5, 5.41) is 0. The van der Waals surface area contributed by atoms with Crippen molar-refractivity contribution < 1.29 is 0 Å². The normalized spacial score (nSPS) is 11.1. The number of rotatable bonds is 6. The lowest BCUT2D eigenvalue weighted by Crippen LogP contribution is -2.16. The fourth-order valence-electron chi connectivity index (χ4n) is 2.08. The van der Waals surface area contributed by atoms with Gasteiger partial charge in [0.1, 0.15) is 0 Å². The second-order valence-corrected chi connectivity index (χ2v) is 4.83. The number of para-hydroxylation sites is 1. The highest BCUT2D eigenvalue weighted by Gasteiger charge is 2.06. The summed E-state index contributed by atoms with van der Waals surface area (Å²) in [6, 6.07) is 19.1. The topological polar surface area (TPSA) is 3.24 Å². The molecule has 2 aromatic carbocycles. The van der Waals surface area contributed by atoms with Gasteiger partial charge in [0.05, 0.1) is 0 Å². The molecule has 0 bridgehead atoms. The Morgan fingerprint density at radius 2 is 1.52 bits per heavy atom. The molecule has 0 saturated carbocycles. The average molecular weight is 275 g/mol. The summed E-state index contributed by atoms with van der Waals surface area (Å²) >= 11 is 0. The molecule has 0 spiro atoms. The Hall–Kier alpha value is -2.54. The van der Waals surface area contributed by atoms with E-state index in [0.29, 0.717) is 0 Å². The molecule has 0 aliphatic carbocycles. The lowest BCUT2D eigenvalue weighted by atomic mass is 10.2. The van der Waals surface area contributed by atoms with Crippen LogP contribution in [0.5, 0.6) is 0 Å². The number of hydrogen-bond acceptors (Lipinski definition) is 1. The van der Waals surface area contributed by atoms with Gasteiger partial charge < -0.3 is 4.90 Å². The van der Waals surface area contributed by atoms with Gasteiger partial charge in [-0.2, -0.15) is 0 Å². The van der Waals surface area contributed by atoms with Crippen molar-refractivity contribution in [1.29, 1.82) is 0 Å². The van der Waals surface area contributed by atoms with Gasteiger partial charge >= 0.3 is 0 Å². The standard InChI is InChI=1S/C20H21N/c1-3-4-5-6-10-17-21(19-11-8-7-9-12-19)20-15-13-18(2)14-16-20/h3-16H,1,17H2,2H3/b5-4-,10-6-. The zero-order chi connectivity index (χ0) is 14.9. The van der Waals surface area contributed by atoms with Crippen LogP contribution in [0.2, 0.25) is 0 Å². The van der Waals surface area contributed by atoms with Crippen molar-refractivity contribution in [2.75, 3.05) is 11.4 Å². The zero-order valence-corrected chi connectivity index (χ0v) is 12.4. The van der Waals surface area contributed by atoms with Gasteiger partial charge in [-0.1, -0.05) is 72.9 Å². The molecule has 0 aliphatic heterocycles. The van der Waals surface area contributed by atoms with Crippen LogP contribution in [0.15, 0.2) is 91.6 Å². The minimum Gasteiger partial charge on any atom is -0.338 e. The van der Waals surface area contributed by atoms with Crippen LogP contribution in [0.3, 0.4) is 0 Å². The van der Waals surface area contributed by atoms with E-state index in [1.807, 2.05) is 24.3 Å². The molecule has 0 atom stereocenters. The minimum atomic E-state index is 0.828. The molecule has 0 saturated heterocycles. The molecule has 0 unspecified atom stereocenters. The molecule has 0 aromatic heterocycles. The van der Waals surface area contributed by atoms with Crippen molar-refractivity contribution in [3.05, 3.63) is 97.1 Å². The fourth-order valence-corrected chi connectivity index (χ4v) is 2.08. The summed E-state index contributed by atoms with van der Waals surface area (Å²) in [7, 11) is 0. The van der Waals surface area contributed by atoms with Gasteiger partial charge in [-0.25, -0.2) is 0 Å². The monoisotopic (exact) mass is 275 g/mol. The summed E-state index contributed by atoms with van der Waals surface area (Å²) in [4.78, 5) is 2.29. The molecular formula is C20H21N. The SMILES string of the molecule is C=C/C=C\C=C/CN(c1ccccc1)c1ccc(C)cc1. The van der Waals surface area contributed by atoms with E-state index >= 15 is 0 Å². The molecule has 1 nitrogen and oxygen atoms in total. The molecule has 0 heterocycles. The highest BCUT2D eigenvalue weighted by atomic mass is 15.1. The van der Waals surface area contributed by atoms with E-state index in [2.05, 4.69) is 73.0 Å². The Morgan fingerprint density at radius 1 is 0.857 bits per heavy atom. The van der Waals surface area contributed by atoms with Crippen LogP contribution in [0, 0.1) is 6.92 Å². The molecule has 106 valence electrons. The van der Waals surface area contributed by atoms with Gasteiger partial charge in [0, 0.05) is 17.9 Å². The summed E-state index contributed by atoms with van der Waals surface area (Å²) < 4.78 is 0. The van der Waals surface area contributed by atoms with E-state index in [4.69, 9.17) is 0 Å². The number of benzene rings is 2. The summed E-state index contributed by atoms with van der Waals surface area (Å²) in [5.74, 6) is 0. The Morgan fingerprint density at radius 3 is 2.19 bits per heavy atom. The number of anilines is 2. The van der Waals surface area contributed by atoms with E-state index in [-0.39, 0.29) is 0 Å². The van der Waals surface area contributed by atoms with E-state index in [1.165, 1.54) is 16.9 Å². The third-order valence-electron chi connectivity index (χ3n) is 3.20. The predicted molar refractivity (Wildman–Crippen MR) is 93.1 cm³/mol. The minimum absolute atomic E-state index is 0.828. The Kier molecular flexibility index (Phi) is 5.60. The van der Waals surface area contributed by atoms with Crippen molar-refractivity contribution in [3.8, 4) is 0 Å². The zero-order valence-electron chi connectivity index (χ0n) is 12.4. The summed E-state index contributed by atoms with van der Waals surface area (Å²) in [6.45, 7) is 6.60. The molecule has 2 aromatic rings. The second kappa shape index (κ2) is 7.91. The van der Waals surface area contributed by atoms with Gasteiger partial charge in [0.25, 0.3) is 0 Å². The highest BCUT2D eigenvalue weighted by molar-refractivity contribution is 5.63. The van der Waals surface area contributed by atoms with Crippen molar-refractivity contribution in [2.45, 2.75) is 6.92 Å². The molecule has 0 fully saturated rings. The molecule has 1 heteroatoms. The van der Waals surface area contributed by atoms with Crippen molar-refractivity contribution in [3.63, 3.8) is 0 Å². The molecule has 2 rings (SSSR count). The molecule has 0 radical (unpaired) electrons. The maximum absolute atomic E-state index is 3.67. The third kappa shape index (κ3) is 4.50. The van der Waals surface area contributed by atoms with Gasteiger partial charge in [-0.15, -0.1) is 0 Å². The van der Waals surface area contributed by atoms with Crippen molar-refractivity contribution in [2.24, 2.45) is 0 Å². The second-order valence-electron chi connectivity index (χ2n) is 4.83. The quantitative estimate of drug-likeness (QED) is 0.635. The molecule has 0 amide bonds. The van der Waals surface area contributed by atoms with Gasteiger partial charge in [-0.3, -0.25) is 0 Å². The van der Waals surface area contributed by atoms with Crippen LogP contribution < -0.4 is 4.90 Å². The molecule has 21 heavy (non-hydrogen) atoms. The highest BCUT2D eigenvalue weighted by Crippen LogP contribution is 2.25. The Balaban J connectivity index is 2.22. The average Bonchev–Trinajstić information content (AvgIpc) is 2.53. The lowest BCUT2D eigenvalue weighted by molar-refractivity contribution is 1.09. The molecular weight excluding hydrogens is 254 g/mol. The lowest BCUT2D eigenvalue weighted by Gasteiger charge is -2.23. The molecule has 0 aliphatic rings. The third-order valence-corrected chi connectivity index (χ3v) is 3.20.